The van der Waals surface area contributed by atoms with Crippen molar-refractivity contribution in [3.63, 3.8) is 0 Å². The molecule has 0 atom stereocenters. The predicted octanol–water partition coefficient (Wildman–Crippen LogP) is 5.25. The van der Waals surface area contributed by atoms with Crippen LogP contribution in [0.1, 0.15) is 41.5 Å². The van der Waals surface area contributed by atoms with Crippen molar-refractivity contribution in [1.29, 1.82) is 0 Å². The van der Waals surface area contributed by atoms with Gasteiger partial charge in [-0.1, -0.05) is 47.6 Å². The second kappa shape index (κ2) is 6.46. The highest BCUT2D eigenvalue weighted by atomic mass is 28.4. The first-order valence-electron chi connectivity index (χ1n) is 7.17. The van der Waals surface area contributed by atoms with Crippen molar-refractivity contribution in [3.05, 3.63) is 24.3 Å². The predicted molar refractivity (Wildman–Crippen MR) is 84.7 cm³/mol. The standard InChI is InChI=1S/C16H28O2Si/c1-12(2)19(13(3)4,14(5)6)18-16-10-8-9-15(11-16)17-7/h8-14H,1-7H3. The molecule has 0 saturated heterocycles. The number of ether oxygens (including phenoxy) is 1. The van der Waals surface area contributed by atoms with Crippen molar-refractivity contribution >= 4 is 8.32 Å². The van der Waals surface area contributed by atoms with E-state index in [4.69, 9.17) is 9.16 Å². The van der Waals surface area contributed by atoms with Crippen LogP contribution < -0.4 is 9.16 Å². The molecule has 1 aromatic rings. The molecule has 0 fully saturated rings. The van der Waals surface area contributed by atoms with E-state index in [9.17, 15) is 0 Å². The molecule has 1 aromatic carbocycles. The number of rotatable bonds is 6. The van der Waals surface area contributed by atoms with E-state index in [2.05, 4.69) is 41.5 Å². The molecule has 1 rings (SSSR count). The van der Waals surface area contributed by atoms with Crippen molar-refractivity contribution in [1.82, 2.24) is 0 Å². The lowest BCUT2D eigenvalue weighted by Crippen LogP contribution is -2.50. The molecule has 3 heteroatoms. The van der Waals surface area contributed by atoms with Gasteiger partial charge in [-0.2, -0.15) is 0 Å². The minimum Gasteiger partial charge on any atom is -0.543 e. The van der Waals surface area contributed by atoms with Crippen LogP contribution >= 0.6 is 0 Å². The van der Waals surface area contributed by atoms with Crippen LogP contribution in [0.25, 0.3) is 0 Å². The van der Waals surface area contributed by atoms with E-state index in [-0.39, 0.29) is 0 Å². The van der Waals surface area contributed by atoms with Gasteiger partial charge in [0.25, 0.3) is 8.32 Å². The van der Waals surface area contributed by atoms with Gasteiger partial charge in [-0.15, -0.1) is 0 Å². The van der Waals surface area contributed by atoms with Crippen molar-refractivity contribution in [3.8, 4) is 11.5 Å². The number of benzene rings is 1. The second-order valence-electron chi connectivity index (χ2n) is 6.10. The van der Waals surface area contributed by atoms with Crippen LogP contribution in [-0.4, -0.2) is 15.4 Å². The van der Waals surface area contributed by atoms with Gasteiger partial charge in [0.05, 0.1) is 7.11 Å². The van der Waals surface area contributed by atoms with E-state index in [0.717, 1.165) is 11.5 Å². The summed E-state index contributed by atoms with van der Waals surface area (Å²) in [4.78, 5) is 0. The van der Waals surface area contributed by atoms with Gasteiger partial charge < -0.3 is 9.16 Å². The highest BCUT2D eigenvalue weighted by molar-refractivity contribution is 6.78. The monoisotopic (exact) mass is 280 g/mol. The van der Waals surface area contributed by atoms with Gasteiger partial charge in [-0.3, -0.25) is 0 Å². The van der Waals surface area contributed by atoms with E-state index in [0.29, 0.717) is 16.6 Å². The zero-order chi connectivity index (χ0) is 14.6. The molecule has 0 bridgehead atoms. The van der Waals surface area contributed by atoms with Crippen LogP contribution in [0.15, 0.2) is 24.3 Å². The molecule has 0 aromatic heterocycles. The lowest BCUT2D eigenvalue weighted by molar-refractivity contribution is 0.410. The summed E-state index contributed by atoms with van der Waals surface area (Å²) in [7, 11) is -0.168. The summed E-state index contributed by atoms with van der Waals surface area (Å²) >= 11 is 0. The fourth-order valence-electron chi connectivity index (χ4n) is 3.22. The number of methoxy groups -OCH3 is 1. The summed E-state index contributed by atoms with van der Waals surface area (Å²) in [6.07, 6.45) is 0. The third kappa shape index (κ3) is 3.33. The Morgan fingerprint density at radius 1 is 0.842 bits per heavy atom. The van der Waals surface area contributed by atoms with Crippen LogP contribution in [0.3, 0.4) is 0 Å². The van der Waals surface area contributed by atoms with Gasteiger partial charge in [0, 0.05) is 6.07 Å². The third-order valence-corrected chi connectivity index (χ3v) is 10.0. The topological polar surface area (TPSA) is 18.5 Å². The fourth-order valence-corrected chi connectivity index (χ4v) is 8.46. The molecule has 19 heavy (non-hydrogen) atoms. The average Bonchev–Trinajstić information content (AvgIpc) is 2.34. The zero-order valence-electron chi connectivity index (χ0n) is 13.4. The lowest BCUT2D eigenvalue weighted by atomic mass is 10.3. The quantitative estimate of drug-likeness (QED) is 0.663. The van der Waals surface area contributed by atoms with Crippen LogP contribution in [0.4, 0.5) is 0 Å². The zero-order valence-corrected chi connectivity index (χ0v) is 14.4. The minimum atomic E-state index is -1.86. The normalized spacial score (nSPS) is 12.3. The maximum absolute atomic E-state index is 6.59. The summed E-state index contributed by atoms with van der Waals surface area (Å²) < 4.78 is 11.9. The Kier molecular flexibility index (Phi) is 5.47. The van der Waals surface area contributed by atoms with Crippen molar-refractivity contribution in [2.75, 3.05) is 7.11 Å². The first-order valence-corrected chi connectivity index (χ1v) is 9.31. The largest absolute Gasteiger partial charge is 0.543 e. The number of hydrogen-bond acceptors (Lipinski definition) is 2. The molecule has 0 aliphatic rings. The second-order valence-corrected chi connectivity index (χ2v) is 11.5. The summed E-state index contributed by atoms with van der Waals surface area (Å²) in [5.41, 5.74) is 1.75. The third-order valence-electron chi connectivity index (χ3n) is 4.04. The molecule has 0 N–H and O–H groups in total. The fraction of sp³-hybridized carbons (Fsp3) is 0.625. The SMILES string of the molecule is COc1cccc(O[Si](C(C)C)(C(C)C)C(C)C)c1. The molecule has 0 aliphatic carbocycles. The highest BCUT2D eigenvalue weighted by Gasteiger charge is 2.46. The molecule has 108 valence electrons. The van der Waals surface area contributed by atoms with Gasteiger partial charge in [0.15, 0.2) is 0 Å². The Morgan fingerprint density at radius 3 is 1.74 bits per heavy atom. The Morgan fingerprint density at radius 2 is 1.32 bits per heavy atom. The molecule has 0 aliphatic heterocycles. The van der Waals surface area contributed by atoms with Crippen LogP contribution in [0.2, 0.25) is 16.6 Å². The molecule has 0 amide bonds. The Bertz CT molecular complexity index is 378. The molecule has 0 spiro atoms. The Hall–Kier alpha value is -0.963. The molecule has 0 saturated carbocycles. The highest BCUT2D eigenvalue weighted by Crippen LogP contribution is 2.43. The molecule has 0 radical (unpaired) electrons. The van der Waals surface area contributed by atoms with Crippen molar-refractivity contribution in [2.24, 2.45) is 0 Å². The maximum Gasteiger partial charge on any atom is 0.258 e. The van der Waals surface area contributed by atoms with E-state index in [1.165, 1.54) is 0 Å². The van der Waals surface area contributed by atoms with E-state index in [1.807, 2.05) is 24.3 Å². The first-order chi connectivity index (χ1) is 8.84. The van der Waals surface area contributed by atoms with Crippen LogP contribution in [0.5, 0.6) is 11.5 Å². The minimum absolute atomic E-state index is 0.582. The molecule has 0 heterocycles. The Labute approximate surface area is 119 Å². The molecular weight excluding hydrogens is 252 g/mol. The molecule has 0 unspecified atom stereocenters. The summed E-state index contributed by atoms with van der Waals surface area (Å²) in [6, 6.07) is 7.98. The van der Waals surface area contributed by atoms with Gasteiger partial charge in [0.1, 0.15) is 11.5 Å². The summed E-state index contributed by atoms with van der Waals surface area (Å²) in [5, 5.41) is 0. The first kappa shape index (κ1) is 16.1. The maximum atomic E-state index is 6.59. The summed E-state index contributed by atoms with van der Waals surface area (Å²) in [6.45, 7) is 13.8. The van der Waals surface area contributed by atoms with Gasteiger partial charge in [0.2, 0.25) is 0 Å². The van der Waals surface area contributed by atoms with Crippen LogP contribution in [-0.2, 0) is 0 Å². The average molecular weight is 280 g/mol. The smallest absolute Gasteiger partial charge is 0.258 e. The summed E-state index contributed by atoms with van der Waals surface area (Å²) in [5.74, 6) is 1.80. The van der Waals surface area contributed by atoms with Crippen molar-refractivity contribution in [2.45, 2.75) is 58.2 Å². The van der Waals surface area contributed by atoms with Gasteiger partial charge in [-0.05, 0) is 28.8 Å². The van der Waals surface area contributed by atoms with Crippen molar-refractivity contribution < 1.29 is 9.16 Å². The van der Waals surface area contributed by atoms with E-state index in [1.54, 1.807) is 7.11 Å². The lowest BCUT2D eigenvalue weighted by Gasteiger charge is -2.42. The van der Waals surface area contributed by atoms with Crippen LogP contribution in [0, 0.1) is 0 Å². The number of hydrogen-bond donors (Lipinski definition) is 0. The Balaban J connectivity index is 3.13. The van der Waals surface area contributed by atoms with E-state index >= 15 is 0 Å². The molecule has 2 nitrogen and oxygen atoms in total. The van der Waals surface area contributed by atoms with Gasteiger partial charge in [-0.25, -0.2) is 0 Å². The van der Waals surface area contributed by atoms with E-state index < -0.39 is 8.32 Å². The van der Waals surface area contributed by atoms with Gasteiger partial charge >= 0.3 is 0 Å². The molecular formula is C16H28O2Si.